The lowest BCUT2D eigenvalue weighted by Gasteiger charge is -2.39. The predicted molar refractivity (Wildman–Crippen MR) is 92.1 cm³/mol. The largest absolute Gasteiger partial charge is 0.495 e. The van der Waals surface area contributed by atoms with Gasteiger partial charge < -0.3 is 14.4 Å². The average molecular weight is 320 g/mol. The van der Waals surface area contributed by atoms with Gasteiger partial charge in [0.15, 0.2) is 0 Å². The lowest BCUT2D eigenvalue weighted by atomic mass is 10.1. The van der Waals surface area contributed by atoms with Crippen LogP contribution in [-0.2, 0) is 9.53 Å². The average Bonchev–Trinajstić information content (AvgIpc) is 2.60. The monoisotopic (exact) mass is 320 g/mol. The molecule has 1 aliphatic heterocycles. The highest BCUT2D eigenvalue weighted by Gasteiger charge is 2.29. The molecule has 0 spiro atoms. The second-order valence-corrected chi connectivity index (χ2v) is 5.75. The normalized spacial score (nSPS) is 16.9. The van der Waals surface area contributed by atoms with Crippen molar-refractivity contribution < 1.29 is 14.3 Å². The van der Waals surface area contributed by atoms with E-state index in [0.717, 1.165) is 50.5 Å². The SMILES string of the molecule is CCCC(C(=O)OCC)N1CCN(c2ccccc2OC)CC1. The van der Waals surface area contributed by atoms with Gasteiger partial charge in [0.05, 0.1) is 19.4 Å². The van der Waals surface area contributed by atoms with Gasteiger partial charge in [-0.25, -0.2) is 0 Å². The number of nitrogens with zero attached hydrogens (tertiary/aromatic N) is 2. The first-order chi connectivity index (χ1) is 11.2. The number of methoxy groups -OCH3 is 1. The van der Waals surface area contributed by atoms with Crippen molar-refractivity contribution in [2.24, 2.45) is 0 Å². The van der Waals surface area contributed by atoms with E-state index in [-0.39, 0.29) is 12.0 Å². The zero-order valence-corrected chi connectivity index (χ0v) is 14.5. The lowest BCUT2D eigenvalue weighted by Crippen LogP contribution is -2.53. The molecule has 1 aromatic rings. The number of benzene rings is 1. The van der Waals surface area contributed by atoms with Crippen LogP contribution in [0.5, 0.6) is 5.75 Å². The van der Waals surface area contributed by atoms with Crippen LogP contribution < -0.4 is 9.64 Å². The number of piperazine rings is 1. The first-order valence-corrected chi connectivity index (χ1v) is 8.49. The number of carbonyl (C=O) groups is 1. The predicted octanol–water partition coefficient (Wildman–Crippen LogP) is 2.55. The molecule has 128 valence electrons. The van der Waals surface area contributed by atoms with Crippen LogP contribution in [0.1, 0.15) is 26.7 Å². The third-order valence-corrected chi connectivity index (χ3v) is 4.30. The molecule has 0 amide bonds. The maximum Gasteiger partial charge on any atom is 0.323 e. The van der Waals surface area contributed by atoms with Crippen LogP contribution in [0.4, 0.5) is 5.69 Å². The van der Waals surface area contributed by atoms with Crippen LogP contribution in [0.25, 0.3) is 0 Å². The molecule has 5 nitrogen and oxygen atoms in total. The van der Waals surface area contributed by atoms with Gasteiger partial charge in [0.25, 0.3) is 0 Å². The number of carbonyl (C=O) groups excluding carboxylic acids is 1. The Morgan fingerprint density at radius 2 is 1.87 bits per heavy atom. The Morgan fingerprint density at radius 1 is 1.17 bits per heavy atom. The first kappa shape index (κ1) is 17.6. The maximum atomic E-state index is 12.2. The van der Waals surface area contributed by atoms with Crippen molar-refractivity contribution in [2.45, 2.75) is 32.7 Å². The molecule has 0 aliphatic carbocycles. The fourth-order valence-electron chi connectivity index (χ4n) is 3.13. The van der Waals surface area contributed by atoms with Crippen molar-refractivity contribution in [1.29, 1.82) is 0 Å². The third-order valence-electron chi connectivity index (χ3n) is 4.30. The number of anilines is 1. The summed E-state index contributed by atoms with van der Waals surface area (Å²) in [5.74, 6) is 0.816. The smallest absolute Gasteiger partial charge is 0.323 e. The summed E-state index contributed by atoms with van der Waals surface area (Å²) >= 11 is 0. The summed E-state index contributed by atoms with van der Waals surface area (Å²) in [6.07, 6.45) is 1.84. The summed E-state index contributed by atoms with van der Waals surface area (Å²) in [6, 6.07) is 7.97. The molecule has 1 aromatic carbocycles. The summed E-state index contributed by atoms with van der Waals surface area (Å²) in [5.41, 5.74) is 1.12. The molecule has 5 heteroatoms. The van der Waals surface area contributed by atoms with Gasteiger partial charge in [0.1, 0.15) is 11.8 Å². The van der Waals surface area contributed by atoms with Crippen LogP contribution in [0.2, 0.25) is 0 Å². The third kappa shape index (κ3) is 4.38. The van der Waals surface area contributed by atoms with E-state index < -0.39 is 0 Å². The molecule has 0 saturated carbocycles. The fourth-order valence-corrected chi connectivity index (χ4v) is 3.13. The van der Waals surface area contributed by atoms with E-state index in [9.17, 15) is 4.79 Å². The molecule has 0 aromatic heterocycles. The summed E-state index contributed by atoms with van der Waals surface area (Å²) < 4.78 is 10.7. The van der Waals surface area contributed by atoms with Crippen molar-refractivity contribution in [3.05, 3.63) is 24.3 Å². The van der Waals surface area contributed by atoms with Crippen LogP contribution in [0, 0.1) is 0 Å². The van der Waals surface area contributed by atoms with Gasteiger partial charge in [-0.15, -0.1) is 0 Å². The first-order valence-electron chi connectivity index (χ1n) is 8.49. The maximum absolute atomic E-state index is 12.2. The van der Waals surface area contributed by atoms with Crippen molar-refractivity contribution >= 4 is 11.7 Å². The minimum atomic E-state index is -0.111. The quantitative estimate of drug-likeness (QED) is 0.722. The Balaban J connectivity index is 2.00. The molecule has 1 unspecified atom stereocenters. The summed E-state index contributed by atoms with van der Waals surface area (Å²) in [7, 11) is 1.70. The minimum Gasteiger partial charge on any atom is -0.495 e. The van der Waals surface area contributed by atoms with E-state index in [2.05, 4.69) is 22.8 Å². The zero-order valence-electron chi connectivity index (χ0n) is 14.5. The molecular weight excluding hydrogens is 292 g/mol. The highest BCUT2D eigenvalue weighted by Crippen LogP contribution is 2.28. The molecule has 2 rings (SSSR count). The van der Waals surface area contributed by atoms with E-state index >= 15 is 0 Å². The second kappa shape index (κ2) is 8.77. The molecule has 23 heavy (non-hydrogen) atoms. The highest BCUT2D eigenvalue weighted by atomic mass is 16.5. The standard InChI is InChI=1S/C18H28N2O3/c1-4-8-16(18(21)23-5-2)20-13-11-19(12-14-20)15-9-6-7-10-17(15)22-3/h6-7,9-10,16H,4-5,8,11-14H2,1-3H3. The Labute approximate surface area is 139 Å². The number of hydrogen-bond acceptors (Lipinski definition) is 5. The Morgan fingerprint density at radius 3 is 2.48 bits per heavy atom. The van der Waals surface area contributed by atoms with Crippen molar-refractivity contribution in [3.8, 4) is 5.75 Å². The molecule has 1 saturated heterocycles. The lowest BCUT2D eigenvalue weighted by molar-refractivity contribution is -0.150. The fraction of sp³-hybridized carbons (Fsp3) is 0.611. The molecule has 1 aliphatic rings. The highest BCUT2D eigenvalue weighted by molar-refractivity contribution is 5.75. The number of rotatable bonds is 7. The van der Waals surface area contributed by atoms with Crippen molar-refractivity contribution in [3.63, 3.8) is 0 Å². The molecule has 0 N–H and O–H groups in total. The van der Waals surface area contributed by atoms with Crippen molar-refractivity contribution in [2.75, 3.05) is 44.8 Å². The molecule has 1 fully saturated rings. The van der Waals surface area contributed by atoms with E-state index in [1.165, 1.54) is 0 Å². The Bertz CT molecular complexity index is 499. The molecule has 1 heterocycles. The number of ether oxygens (including phenoxy) is 2. The zero-order chi connectivity index (χ0) is 16.7. The molecular formula is C18H28N2O3. The van der Waals surface area contributed by atoms with Gasteiger partial charge in [-0.1, -0.05) is 25.5 Å². The minimum absolute atomic E-state index is 0.0832. The Kier molecular flexibility index (Phi) is 6.71. The van der Waals surface area contributed by atoms with E-state index in [1.54, 1.807) is 7.11 Å². The number of esters is 1. The van der Waals surface area contributed by atoms with Crippen LogP contribution in [0.15, 0.2) is 24.3 Å². The van der Waals surface area contributed by atoms with Crippen LogP contribution in [0.3, 0.4) is 0 Å². The van der Waals surface area contributed by atoms with Crippen molar-refractivity contribution in [1.82, 2.24) is 4.90 Å². The molecule has 0 radical (unpaired) electrons. The van der Waals surface area contributed by atoms with E-state index in [0.29, 0.717) is 6.61 Å². The van der Waals surface area contributed by atoms with Gasteiger partial charge >= 0.3 is 5.97 Å². The van der Waals surface area contributed by atoms with Gasteiger partial charge in [-0.2, -0.15) is 0 Å². The van der Waals surface area contributed by atoms with Gasteiger partial charge in [-0.3, -0.25) is 9.69 Å². The summed E-state index contributed by atoms with van der Waals surface area (Å²) in [4.78, 5) is 16.8. The van der Waals surface area contributed by atoms with Gasteiger partial charge in [0.2, 0.25) is 0 Å². The summed E-state index contributed by atoms with van der Waals surface area (Å²) in [5, 5.41) is 0. The van der Waals surface area contributed by atoms with Crippen LogP contribution >= 0.6 is 0 Å². The second-order valence-electron chi connectivity index (χ2n) is 5.75. The summed E-state index contributed by atoms with van der Waals surface area (Å²) in [6.45, 7) is 7.92. The molecule has 1 atom stereocenters. The van der Waals surface area contributed by atoms with Gasteiger partial charge in [-0.05, 0) is 25.5 Å². The van der Waals surface area contributed by atoms with Gasteiger partial charge in [0, 0.05) is 26.2 Å². The topological polar surface area (TPSA) is 42.0 Å². The van der Waals surface area contributed by atoms with Crippen LogP contribution in [-0.4, -0.2) is 56.8 Å². The van der Waals surface area contributed by atoms with E-state index in [4.69, 9.17) is 9.47 Å². The number of hydrogen-bond donors (Lipinski definition) is 0. The number of para-hydroxylation sites is 2. The van der Waals surface area contributed by atoms with E-state index in [1.807, 2.05) is 25.1 Å². The Hall–Kier alpha value is -1.75. The molecule has 0 bridgehead atoms.